The number of hydrogen-bond donors (Lipinski definition) is 1. The van der Waals surface area contributed by atoms with Crippen molar-refractivity contribution in [3.63, 3.8) is 0 Å². The topological polar surface area (TPSA) is 84.2 Å². The number of anilines is 2. The van der Waals surface area contributed by atoms with Gasteiger partial charge in [0.05, 0.1) is 0 Å². The van der Waals surface area contributed by atoms with Crippen molar-refractivity contribution in [3.05, 3.63) is 53.5 Å². The molecule has 0 aliphatic heterocycles. The molecule has 0 aliphatic rings. The molecule has 1 N–H and O–H groups in total. The maximum absolute atomic E-state index is 12.4. The molecular formula is C16H14ClN5O2. The fourth-order valence-corrected chi connectivity index (χ4v) is 2.25. The van der Waals surface area contributed by atoms with Crippen molar-refractivity contribution in [2.24, 2.45) is 0 Å². The van der Waals surface area contributed by atoms with Crippen LogP contribution in [0.1, 0.15) is 10.4 Å². The van der Waals surface area contributed by atoms with E-state index in [0.29, 0.717) is 23.0 Å². The lowest BCUT2D eigenvalue weighted by molar-refractivity contribution is 0.102. The van der Waals surface area contributed by atoms with Crippen molar-refractivity contribution in [3.8, 4) is 11.5 Å². The minimum absolute atomic E-state index is 0.262. The van der Waals surface area contributed by atoms with Crippen LogP contribution >= 0.6 is 11.6 Å². The first-order chi connectivity index (χ1) is 11.5. The van der Waals surface area contributed by atoms with Gasteiger partial charge < -0.3 is 14.6 Å². The number of pyridine rings is 1. The van der Waals surface area contributed by atoms with Crippen LogP contribution in [0.3, 0.4) is 0 Å². The van der Waals surface area contributed by atoms with E-state index < -0.39 is 0 Å². The quantitative estimate of drug-likeness (QED) is 0.733. The van der Waals surface area contributed by atoms with E-state index in [0.717, 1.165) is 5.56 Å². The fourth-order valence-electron chi connectivity index (χ4n) is 2.04. The summed E-state index contributed by atoms with van der Waals surface area (Å²) >= 11 is 5.98. The molecule has 2 aromatic heterocycles. The highest BCUT2D eigenvalue weighted by molar-refractivity contribution is 6.30. The third-order valence-electron chi connectivity index (χ3n) is 3.25. The molecule has 2 heterocycles. The number of amides is 1. The van der Waals surface area contributed by atoms with E-state index in [2.05, 4.69) is 20.5 Å². The summed E-state index contributed by atoms with van der Waals surface area (Å²) in [4.78, 5) is 18.3. The number of halogens is 1. The largest absolute Gasteiger partial charge is 0.423 e. The van der Waals surface area contributed by atoms with Crippen molar-refractivity contribution in [1.82, 2.24) is 15.2 Å². The number of carbonyl (C=O) groups excluding carboxylic acids is 1. The molecule has 1 aromatic carbocycles. The first kappa shape index (κ1) is 15.9. The molecule has 24 heavy (non-hydrogen) atoms. The number of rotatable bonds is 4. The van der Waals surface area contributed by atoms with Crippen LogP contribution in [0.5, 0.6) is 0 Å². The van der Waals surface area contributed by atoms with E-state index >= 15 is 0 Å². The van der Waals surface area contributed by atoms with Gasteiger partial charge in [-0.25, -0.2) is 4.98 Å². The van der Waals surface area contributed by atoms with E-state index in [4.69, 9.17) is 16.0 Å². The van der Waals surface area contributed by atoms with Gasteiger partial charge in [-0.05, 0) is 36.4 Å². The van der Waals surface area contributed by atoms with Gasteiger partial charge in [0.25, 0.3) is 5.91 Å². The highest BCUT2D eigenvalue weighted by Crippen LogP contribution is 2.21. The zero-order valence-electron chi connectivity index (χ0n) is 13.0. The van der Waals surface area contributed by atoms with E-state index in [-0.39, 0.29) is 11.1 Å². The Labute approximate surface area is 143 Å². The second-order valence-electron chi connectivity index (χ2n) is 5.21. The van der Waals surface area contributed by atoms with Gasteiger partial charge in [0.1, 0.15) is 11.0 Å². The Morgan fingerprint density at radius 1 is 1.21 bits per heavy atom. The molecular weight excluding hydrogens is 330 g/mol. The summed E-state index contributed by atoms with van der Waals surface area (Å²) in [5, 5.41) is 10.5. The van der Waals surface area contributed by atoms with Crippen LogP contribution in [0, 0.1) is 0 Å². The predicted octanol–water partition coefficient (Wildman–Crippen LogP) is 3.10. The minimum atomic E-state index is -0.270. The lowest BCUT2D eigenvalue weighted by atomic mass is 10.2. The molecule has 0 spiro atoms. The van der Waals surface area contributed by atoms with Crippen molar-refractivity contribution < 1.29 is 9.21 Å². The number of hydrogen-bond acceptors (Lipinski definition) is 6. The molecule has 7 nitrogen and oxygen atoms in total. The third kappa shape index (κ3) is 3.52. The second-order valence-corrected chi connectivity index (χ2v) is 5.59. The number of nitrogens with zero attached hydrogens (tertiary/aromatic N) is 4. The van der Waals surface area contributed by atoms with Crippen molar-refractivity contribution in [1.29, 1.82) is 0 Å². The van der Waals surface area contributed by atoms with Gasteiger partial charge in [0, 0.05) is 30.9 Å². The monoisotopic (exact) mass is 343 g/mol. The molecule has 0 unspecified atom stereocenters. The SMILES string of the molecule is CN(C)c1cc(C(=O)Nc2ccc(-c3nnco3)cc2)cc(Cl)n1. The number of aromatic nitrogens is 3. The van der Waals surface area contributed by atoms with Crippen LogP contribution < -0.4 is 10.2 Å². The molecule has 1 amide bonds. The van der Waals surface area contributed by atoms with Crippen LogP contribution in [0.4, 0.5) is 11.5 Å². The molecule has 0 bridgehead atoms. The average molecular weight is 344 g/mol. The molecule has 0 saturated heterocycles. The molecule has 0 fully saturated rings. The number of benzene rings is 1. The lowest BCUT2D eigenvalue weighted by Gasteiger charge is -2.13. The van der Waals surface area contributed by atoms with Crippen LogP contribution in [-0.2, 0) is 0 Å². The lowest BCUT2D eigenvalue weighted by Crippen LogP contribution is -2.15. The van der Waals surface area contributed by atoms with Gasteiger partial charge in [-0.1, -0.05) is 11.6 Å². The minimum Gasteiger partial charge on any atom is -0.423 e. The van der Waals surface area contributed by atoms with Crippen LogP contribution in [0.25, 0.3) is 11.5 Å². The summed E-state index contributed by atoms with van der Waals surface area (Å²) < 4.78 is 5.12. The Morgan fingerprint density at radius 3 is 2.58 bits per heavy atom. The normalized spacial score (nSPS) is 10.5. The molecule has 3 rings (SSSR count). The zero-order chi connectivity index (χ0) is 17.1. The second kappa shape index (κ2) is 6.67. The summed E-state index contributed by atoms with van der Waals surface area (Å²) in [6.07, 6.45) is 1.26. The van der Waals surface area contributed by atoms with Gasteiger partial charge >= 0.3 is 0 Å². The van der Waals surface area contributed by atoms with E-state index in [9.17, 15) is 4.79 Å². The van der Waals surface area contributed by atoms with Crippen LogP contribution in [-0.4, -0.2) is 35.2 Å². The van der Waals surface area contributed by atoms with Crippen molar-refractivity contribution in [2.45, 2.75) is 0 Å². The van der Waals surface area contributed by atoms with Crippen LogP contribution in [0.2, 0.25) is 5.15 Å². The summed E-state index contributed by atoms with van der Waals surface area (Å²) in [7, 11) is 3.66. The standard InChI is InChI=1S/C16H14ClN5O2/c1-22(2)14-8-11(7-13(17)20-14)15(23)19-12-5-3-10(4-6-12)16-21-18-9-24-16/h3-9H,1-2H3,(H,19,23). The molecule has 0 saturated carbocycles. The van der Waals surface area contributed by atoms with E-state index in [1.165, 1.54) is 12.5 Å². The van der Waals surface area contributed by atoms with Crippen LogP contribution in [0.15, 0.2) is 47.2 Å². The average Bonchev–Trinajstić information content (AvgIpc) is 3.09. The molecule has 8 heteroatoms. The van der Waals surface area contributed by atoms with Gasteiger partial charge in [-0.15, -0.1) is 10.2 Å². The maximum Gasteiger partial charge on any atom is 0.255 e. The summed E-state index contributed by atoms with van der Waals surface area (Å²) in [6, 6.07) is 10.3. The highest BCUT2D eigenvalue weighted by Gasteiger charge is 2.11. The summed E-state index contributed by atoms with van der Waals surface area (Å²) in [5.41, 5.74) is 1.84. The number of nitrogens with one attached hydrogen (secondary N) is 1. The Balaban J connectivity index is 1.77. The fraction of sp³-hybridized carbons (Fsp3) is 0.125. The Hall–Kier alpha value is -2.93. The predicted molar refractivity (Wildman–Crippen MR) is 91.3 cm³/mol. The summed E-state index contributed by atoms with van der Waals surface area (Å²) in [6.45, 7) is 0. The molecule has 0 aliphatic carbocycles. The molecule has 0 atom stereocenters. The van der Waals surface area contributed by atoms with Gasteiger partial charge in [0.15, 0.2) is 0 Å². The highest BCUT2D eigenvalue weighted by atomic mass is 35.5. The van der Waals surface area contributed by atoms with Crippen molar-refractivity contribution in [2.75, 3.05) is 24.3 Å². The van der Waals surface area contributed by atoms with Gasteiger partial charge in [0.2, 0.25) is 12.3 Å². The maximum atomic E-state index is 12.4. The molecule has 122 valence electrons. The van der Waals surface area contributed by atoms with E-state index in [1.54, 1.807) is 35.2 Å². The number of carbonyl (C=O) groups is 1. The summed E-state index contributed by atoms with van der Waals surface area (Å²) in [5.74, 6) is 0.761. The van der Waals surface area contributed by atoms with E-state index in [1.807, 2.05) is 14.1 Å². The Morgan fingerprint density at radius 2 is 1.96 bits per heavy atom. The molecule has 3 aromatic rings. The third-order valence-corrected chi connectivity index (χ3v) is 3.44. The molecule has 0 radical (unpaired) electrons. The van der Waals surface area contributed by atoms with Gasteiger partial charge in [-0.3, -0.25) is 4.79 Å². The van der Waals surface area contributed by atoms with Crippen molar-refractivity contribution >= 4 is 29.0 Å². The Bertz CT molecular complexity index is 847. The van der Waals surface area contributed by atoms with Gasteiger partial charge in [-0.2, -0.15) is 0 Å². The Kier molecular flexibility index (Phi) is 4.43. The first-order valence-electron chi connectivity index (χ1n) is 7.06. The first-order valence-corrected chi connectivity index (χ1v) is 7.43. The zero-order valence-corrected chi connectivity index (χ0v) is 13.8. The smallest absolute Gasteiger partial charge is 0.255 e.